The molecule has 1 saturated heterocycles. The summed E-state index contributed by atoms with van der Waals surface area (Å²) in [7, 11) is 1.25. The molecule has 0 spiro atoms. The number of hydrogen-bond acceptors (Lipinski definition) is 5. The van der Waals surface area contributed by atoms with Gasteiger partial charge in [-0.1, -0.05) is 59.3 Å². The number of nitrogens with zero attached hydrogens (tertiary/aromatic N) is 1. The number of aliphatic hydroxyl groups is 1. The third kappa shape index (κ3) is 4.67. The van der Waals surface area contributed by atoms with E-state index in [1.807, 2.05) is 11.8 Å². The van der Waals surface area contributed by atoms with Crippen LogP contribution in [0.2, 0.25) is 0 Å². The Bertz CT molecular complexity index is 758. The molecule has 186 valence electrons. The van der Waals surface area contributed by atoms with Crippen molar-refractivity contribution < 1.29 is 24.2 Å². The van der Waals surface area contributed by atoms with Gasteiger partial charge >= 0.3 is 5.97 Å². The van der Waals surface area contributed by atoms with Gasteiger partial charge in [0, 0.05) is 12.5 Å². The lowest BCUT2D eigenvalue weighted by Gasteiger charge is -2.37. The molecule has 3 saturated carbocycles. The molecule has 3 aliphatic carbocycles. The topological polar surface area (TPSA) is 95.9 Å². The van der Waals surface area contributed by atoms with Crippen molar-refractivity contribution in [1.82, 2.24) is 10.2 Å². The molecule has 33 heavy (non-hydrogen) atoms. The fourth-order valence-electron chi connectivity index (χ4n) is 6.82. The van der Waals surface area contributed by atoms with Crippen LogP contribution >= 0.6 is 0 Å². The van der Waals surface area contributed by atoms with Gasteiger partial charge in [0.25, 0.3) is 0 Å². The van der Waals surface area contributed by atoms with Crippen LogP contribution < -0.4 is 5.32 Å². The molecule has 0 radical (unpaired) electrons. The average molecular weight is 463 g/mol. The van der Waals surface area contributed by atoms with E-state index in [2.05, 4.69) is 19.2 Å². The highest BCUT2D eigenvalue weighted by molar-refractivity contribution is 5.91. The molecule has 4 fully saturated rings. The van der Waals surface area contributed by atoms with E-state index in [0.717, 1.165) is 32.1 Å². The minimum Gasteiger partial charge on any atom is -0.467 e. The number of carbonyl (C=O) groups excluding carboxylic acids is 3. The van der Waals surface area contributed by atoms with Gasteiger partial charge < -0.3 is 20.1 Å². The van der Waals surface area contributed by atoms with Gasteiger partial charge in [-0.3, -0.25) is 9.59 Å². The summed E-state index contributed by atoms with van der Waals surface area (Å²) < 4.78 is 4.75. The molecule has 0 aromatic carbocycles. The molecule has 0 bridgehead atoms. The maximum absolute atomic E-state index is 13.6. The lowest BCUT2D eigenvalue weighted by molar-refractivity contribution is -0.153. The zero-order valence-corrected chi connectivity index (χ0v) is 20.7. The van der Waals surface area contributed by atoms with Crippen LogP contribution in [-0.4, -0.2) is 59.6 Å². The van der Waals surface area contributed by atoms with Crippen molar-refractivity contribution >= 4 is 17.8 Å². The number of ether oxygens (including phenoxy) is 1. The normalized spacial score (nSPS) is 31.7. The predicted octanol–water partition coefficient (Wildman–Crippen LogP) is 2.89. The average Bonchev–Trinajstić information content (AvgIpc) is 3.12. The highest BCUT2D eigenvalue weighted by Gasteiger charge is 2.69. The standard InChI is InChI=1S/C26H42N2O5/c1-15(17-11-6-5-7-12-17)24(31)28-14-18-20(26(18,2)3)21(28)23(30)27-19(13-16-9-8-10-16)22(29)25(32)33-4/h15-22,29H,5-14H2,1-4H3,(H,27,30)/t15-,18?,19?,20?,21-,22?/m0/s1. The molecule has 0 aromatic heterocycles. The minimum atomic E-state index is -1.39. The van der Waals surface area contributed by atoms with Crippen LogP contribution in [0.3, 0.4) is 0 Å². The SMILES string of the molecule is COC(=O)C(O)C(CC1CCC1)NC(=O)[C@@H]1C2C(CN1C(=O)[C@@H](C)C1CCCCC1)C2(C)C. The van der Waals surface area contributed by atoms with E-state index < -0.39 is 24.2 Å². The minimum absolute atomic E-state index is 0.0251. The number of rotatable bonds is 8. The van der Waals surface area contributed by atoms with Crippen LogP contribution in [0.1, 0.15) is 78.6 Å². The first kappa shape index (κ1) is 24.5. The summed E-state index contributed by atoms with van der Waals surface area (Å²) in [5.41, 5.74) is 0.0251. The summed E-state index contributed by atoms with van der Waals surface area (Å²) in [5, 5.41) is 13.6. The van der Waals surface area contributed by atoms with Crippen LogP contribution in [0.25, 0.3) is 0 Å². The van der Waals surface area contributed by atoms with Crippen molar-refractivity contribution in [3.8, 4) is 0 Å². The quantitative estimate of drug-likeness (QED) is 0.541. The molecule has 7 nitrogen and oxygen atoms in total. The summed E-state index contributed by atoms with van der Waals surface area (Å²) in [4.78, 5) is 41.1. The molecule has 6 atom stereocenters. The Morgan fingerprint density at radius 3 is 2.33 bits per heavy atom. The van der Waals surface area contributed by atoms with E-state index in [1.54, 1.807) is 0 Å². The molecule has 1 heterocycles. The monoisotopic (exact) mass is 462 g/mol. The summed E-state index contributed by atoms with van der Waals surface area (Å²) in [5.74, 6) is 0.298. The Balaban J connectivity index is 1.49. The summed E-state index contributed by atoms with van der Waals surface area (Å²) in [6.45, 7) is 7.00. The molecule has 0 aromatic rings. The summed E-state index contributed by atoms with van der Waals surface area (Å²) in [6, 6.07) is -1.22. The number of esters is 1. The summed E-state index contributed by atoms with van der Waals surface area (Å²) in [6.07, 6.45) is 8.17. The van der Waals surface area contributed by atoms with Crippen molar-refractivity contribution in [2.45, 2.75) is 96.7 Å². The molecular weight excluding hydrogens is 420 g/mol. The van der Waals surface area contributed by atoms with E-state index in [1.165, 1.54) is 26.4 Å². The number of carbonyl (C=O) groups is 3. The Labute approximate surface area is 198 Å². The number of methoxy groups -OCH3 is 1. The zero-order valence-electron chi connectivity index (χ0n) is 20.7. The van der Waals surface area contributed by atoms with Crippen LogP contribution in [0.5, 0.6) is 0 Å². The Morgan fingerprint density at radius 2 is 1.76 bits per heavy atom. The zero-order chi connectivity index (χ0) is 23.9. The van der Waals surface area contributed by atoms with Crippen molar-refractivity contribution in [1.29, 1.82) is 0 Å². The fourth-order valence-corrected chi connectivity index (χ4v) is 6.82. The number of aliphatic hydroxyl groups excluding tert-OH is 1. The van der Waals surface area contributed by atoms with Gasteiger partial charge in [0.05, 0.1) is 13.2 Å². The van der Waals surface area contributed by atoms with Crippen molar-refractivity contribution in [3.05, 3.63) is 0 Å². The van der Waals surface area contributed by atoms with E-state index in [4.69, 9.17) is 4.74 Å². The Hall–Kier alpha value is -1.63. The van der Waals surface area contributed by atoms with E-state index >= 15 is 0 Å². The number of fused-ring (bicyclic) bond motifs is 1. The smallest absolute Gasteiger partial charge is 0.336 e. The van der Waals surface area contributed by atoms with Gasteiger partial charge in [-0.2, -0.15) is 0 Å². The molecular formula is C26H42N2O5. The number of amides is 2. The first-order chi connectivity index (χ1) is 15.7. The van der Waals surface area contributed by atoms with Crippen molar-refractivity contribution in [2.24, 2.45) is 35.0 Å². The number of piperidine rings is 1. The lowest BCUT2D eigenvalue weighted by Crippen LogP contribution is -2.56. The maximum Gasteiger partial charge on any atom is 0.336 e. The second-order valence-electron chi connectivity index (χ2n) is 11.7. The van der Waals surface area contributed by atoms with Gasteiger partial charge in [-0.05, 0) is 48.3 Å². The van der Waals surface area contributed by atoms with Gasteiger partial charge in [-0.25, -0.2) is 4.79 Å². The highest BCUT2D eigenvalue weighted by Crippen LogP contribution is 2.65. The van der Waals surface area contributed by atoms with Crippen LogP contribution in [0.15, 0.2) is 0 Å². The van der Waals surface area contributed by atoms with Gasteiger partial charge in [0.1, 0.15) is 6.04 Å². The molecule has 2 amide bonds. The molecule has 4 unspecified atom stereocenters. The molecule has 1 aliphatic heterocycles. The third-order valence-corrected chi connectivity index (χ3v) is 9.47. The van der Waals surface area contributed by atoms with E-state index in [0.29, 0.717) is 30.7 Å². The summed E-state index contributed by atoms with van der Waals surface area (Å²) >= 11 is 0. The second-order valence-corrected chi connectivity index (χ2v) is 11.7. The van der Waals surface area contributed by atoms with Gasteiger partial charge in [0.15, 0.2) is 6.10 Å². The van der Waals surface area contributed by atoms with E-state index in [-0.39, 0.29) is 29.1 Å². The van der Waals surface area contributed by atoms with Crippen LogP contribution in [-0.2, 0) is 19.1 Å². The highest BCUT2D eigenvalue weighted by atomic mass is 16.5. The molecule has 4 rings (SSSR count). The lowest BCUT2D eigenvalue weighted by atomic mass is 9.79. The second kappa shape index (κ2) is 9.55. The first-order valence-electron chi connectivity index (χ1n) is 13.0. The maximum atomic E-state index is 13.6. The number of hydrogen-bond donors (Lipinski definition) is 2. The predicted molar refractivity (Wildman–Crippen MR) is 124 cm³/mol. The van der Waals surface area contributed by atoms with Crippen molar-refractivity contribution in [3.63, 3.8) is 0 Å². The van der Waals surface area contributed by atoms with Crippen molar-refractivity contribution in [2.75, 3.05) is 13.7 Å². The van der Waals surface area contributed by atoms with Gasteiger partial charge in [-0.15, -0.1) is 0 Å². The Kier molecular flexibility index (Phi) is 7.09. The number of nitrogens with one attached hydrogen (secondary N) is 1. The Morgan fingerprint density at radius 1 is 1.09 bits per heavy atom. The third-order valence-electron chi connectivity index (χ3n) is 9.47. The molecule has 7 heteroatoms. The fraction of sp³-hybridized carbons (Fsp3) is 0.885. The first-order valence-corrected chi connectivity index (χ1v) is 13.0. The molecule has 2 N–H and O–H groups in total. The molecule has 4 aliphatic rings. The largest absolute Gasteiger partial charge is 0.467 e. The van der Waals surface area contributed by atoms with Gasteiger partial charge in [0.2, 0.25) is 11.8 Å². The number of likely N-dealkylation sites (tertiary alicyclic amines) is 1. The van der Waals surface area contributed by atoms with E-state index in [9.17, 15) is 19.5 Å². The van der Waals surface area contributed by atoms with Crippen LogP contribution in [0, 0.1) is 35.0 Å². The van der Waals surface area contributed by atoms with Crippen LogP contribution in [0.4, 0.5) is 0 Å².